The van der Waals surface area contributed by atoms with Crippen molar-refractivity contribution in [2.45, 2.75) is 26.8 Å². The molecule has 0 aliphatic carbocycles. The van der Waals surface area contributed by atoms with Gasteiger partial charge in [-0.05, 0) is 31.5 Å². The molecule has 25 heavy (non-hydrogen) atoms. The molecule has 1 aliphatic heterocycles. The first-order chi connectivity index (χ1) is 12.0. The Kier molecular flexibility index (Phi) is 5.19. The van der Waals surface area contributed by atoms with Crippen molar-refractivity contribution in [1.82, 2.24) is 14.7 Å². The van der Waals surface area contributed by atoms with Crippen molar-refractivity contribution in [3.8, 4) is 0 Å². The number of amides is 1. The normalized spacial score (nSPS) is 14.2. The third-order valence-electron chi connectivity index (χ3n) is 4.24. The number of aryl methyl sites for hydroxylation is 1. The third kappa shape index (κ3) is 3.59. The van der Waals surface area contributed by atoms with Gasteiger partial charge in [-0.25, -0.2) is 4.79 Å². The molecule has 0 unspecified atom stereocenters. The van der Waals surface area contributed by atoms with E-state index in [9.17, 15) is 9.59 Å². The van der Waals surface area contributed by atoms with Crippen molar-refractivity contribution in [3.05, 3.63) is 34.0 Å². The van der Waals surface area contributed by atoms with Gasteiger partial charge < -0.3 is 10.1 Å². The van der Waals surface area contributed by atoms with Crippen LogP contribution in [0, 0.1) is 0 Å². The smallest absolute Gasteiger partial charge is 0.341 e. The maximum Gasteiger partial charge on any atom is 0.341 e. The van der Waals surface area contributed by atoms with E-state index in [1.54, 1.807) is 30.9 Å². The first kappa shape index (κ1) is 17.6. The summed E-state index contributed by atoms with van der Waals surface area (Å²) in [5, 5.41) is 7.52. The van der Waals surface area contributed by atoms with Gasteiger partial charge in [0.25, 0.3) is 5.91 Å². The van der Waals surface area contributed by atoms with Crippen LogP contribution >= 0.6 is 11.3 Å². The van der Waals surface area contributed by atoms with E-state index in [1.807, 2.05) is 0 Å². The van der Waals surface area contributed by atoms with E-state index in [0.29, 0.717) is 22.9 Å². The molecule has 0 bridgehead atoms. The van der Waals surface area contributed by atoms with E-state index in [2.05, 4.69) is 22.2 Å². The van der Waals surface area contributed by atoms with E-state index in [1.165, 1.54) is 11.3 Å². The molecule has 0 fully saturated rings. The van der Waals surface area contributed by atoms with Crippen molar-refractivity contribution in [3.63, 3.8) is 0 Å². The Morgan fingerprint density at radius 1 is 1.40 bits per heavy atom. The van der Waals surface area contributed by atoms with Crippen LogP contribution in [-0.2, 0) is 24.8 Å². The molecule has 0 aromatic carbocycles. The highest BCUT2D eigenvalue weighted by atomic mass is 32.1. The van der Waals surface area contributed by atoms with Crippen LogP contribution in [0.2, 0.25) is 0 Å². The average molecular weight is 362 g/mol. The lowest BCUT2D eigenvalue weighted by Crippen LogP contribution is -2.30. The monoisotopic (exact) mass is 362 g/mol. The predicted molar refractivity (Wildman–Crippen MR) is 96.1 cm³/mol. The van der Waals surface area contributed by atoms with Gasteiger partial charge in [-0.2, -0.15) is 5.10 Å². The Hall–Kier alpha value is -2.19. The molecule has 7 nitrogen and oxygen atoms in total. The molecule has 3 rings (SSSR count). The average Bonchev–Trinajstić information content (AvgIpc) is 3.17. The third-order valence-corrected chi connectivity index (χ3v) is 5.37. The van der Waals surface area contributed by atoms with Crippen LogP contribution in [0.15, 0.2) is 12.3 Å². The number of hydrogen-bond donors (Lipinski definition) is 1. The topological polar surface area (TPSA) is 76.5 Å². The number of carbonyl (C=O) groups excluding carboxylic acids is 2. The Morgan fingerprint density at radius 3 is 2.84 bits per heavy atom. The summed E-state index contributed by atoms with van der Waals surface area (Å²) in [6.45, 7) is 6.86. The zero-order valence-electron chi connectivity index (χ0n) is 14.7. The molecule has 0 spiro atoms. The van der Waals surface area contributed by atoms with Gasteiger partial charge in [0.2, 0.25) is 0 Å². The molecule has 1 aliphatic rings. The summed E-state index contributed by atoms with van der Waals surface area (Å²) < 4.78 is 6.79. The second-order valence-corrected chi connectivity index (χ2v) is 6.98. The first-order valence-electron chi connectivity index (χ1n) is 8.38. The molecule has 0 radical (unpaired) electrons. The standard InChI is InChI=1S/C17H22N4O3S/c1-4-21-9-6-11-13(10-21)25-16(14(11)17(23)24-5-2)18-15(22)12-7-8-20(3)19-12/h7-8H,4-6,9-10H2,1-3H3,(H,18,22). The number of likely N-dealkylation sites (N-methyl/N-ethyl adjacent to an activating group) is 1. The molecule has 1 amide bonds. The number of rotatable bonds is 5. The molecule has 0 atom stereocenters. The van der Waals surface area contributed by atoms with Gasteiger partial charge >= 0.3 is 5.97 Å². The number of nitrogens with one attached hydrogen (secondary N) is 1. The first-order valence-corrected chi connectivity index (χ1v) is 9.20. The number of fused-ring (bicyclic) bond motifs is 1. The molecular formula is C17H22N4O3S. The number of esters is 1. The zero-order chi connectivity index (χ0) is 18.0. The highest BCUT2D eigenvalue weighted by Crippen LogP contribution is 2.37. The molecule has 8 heteroatoms. The fraction of sp³-hybridized carbons (Fsp3) is 0.471. The molecular weight excluding hydrogens is 340 g/mol. The van der Waals surface area contributed by atoms with Crippen LogP contribution in [0.5, 0.6) is 0 Å². The second kappa shape index (κ2) is 7.37. The van der Waals surface area contributed by atoms with Crippen molar-refractivity contribution in [2.24, 2.45) is 7.05 Å². The highest BCUT2D eigenvalue weighted by Gasteiger charge is 2.29. The SMILES string of the molecule is CCOC(=O)c1c(NC(=O)c2ccn(C)n2)sc2c1CCN(CC)C2. The van der Waals surface area contributed by atoms with Crippen LogP contribution < -0.4 is 5.32 Å². The van der Waals surface area contributed by atoms with Crippen LogP contribution in [0.3, 0.4) is 0 Å². The Balaban J connectivity index is 1.93. The molecule has 1 N–H and O–H groups in total. The van der Waals surface area contributed by atoms with Crippen LogP contribution in [-0.4, -0.2) is 46.3 Å². The fourth-order valence-electron chi connectivity index (χ4n) is 2.94. The quantitative estimate of drug-likeness (QED) is 0.826. The summed E-state index contributed by atoms with van der Waals surface area (Å²) in [6, 6.07) is 1.64. The number of thiophene rings is 1. The van der Waals surface area contributed by atoms with E-state index in [4.69, 9.17) is 4.74 Å². The molecule has 2 aromatic heterocycles. The minimum Gasteiger partial charge on any atom is -0.462 e. The van der Waals surface area contributed by atoms with Crippen LogP contribution in [0.1, 0.15) is 45.1 Å². The van der Waals surface area contributed by atoms with Gasteiger partial charge in [0, 0.05) is 31.2 Å². The van der Waals surface area contributed by atoms with Crippen LogP contribution in [0.25, 0.3) is 0 Å². The van der Waals surface area contributed by atoms with Crippen LogP contribution in [0.4, 0.5) is 5.00 Å². The molecule has 0 saturated heterocycles. The molecule has 0 saturated carbocycles. The number of anilines is 1. The molecule has 134 valence electrons. The fourth-order valence-corrected chi connectivity index (χ4v) is 4.21. The van der Waals surface area contributed by atoms with Crippen molar-refractivity contribution >= 4 is 28.2 Å². The van der Waals surface area contributed by atoms with Gasteiger partial charge in [-0.3, -0.25) is 14.4 Å². The minimum absolute atomic E-state index is 0.304. The number of nitrogens with zero attached hydrogens (tertiary/aromatic N) is 3. The maximum atomic E-state index is 12.5. The minimum atomic E-state index is -0.374. The lowest BCUT2D eigenvalue weighted by atomic mass is 10.0. The number of aromatic nitrogens is 2. The summed E-state index contributed by atoms with van der Waals surface area (Å²) in [5.41, 5.74) is 1.82. The van der Waals surface area contributed by atoms with E-state index in [0.717, 1.165) is 36.5 Å². The zero-order valence-corrected chi connectivity index (χ0v) is 15.5. The summed E-state index contributed by atoms with van der Waals surface area (Å²) in [4.78, 5) is 28.4. The summed E-state index contributed by atoms with van der Waals surface area (Å²) in [7, 11) is 1.75. The van der Waals surface area contributed by atoms with Crippen molar-refractivity contribution in [2.75, 3.05) is 25.0 Å². The predicted octanol–water partition coefficient (Wildman–Crippen LogP) is 2.29. The Bertz CT molecular complexity index is 796. The van der Waals surface area contributed by atoms with Gasteiger partial charge in [0.1, 0.15) is 5.00 Å². The lowest BCUT2D eigenvalue weighted by Gasteiger charge is -2.25. The summed E-state index contributed by atoms with van der Waals surface area (Å²) >= 11 is 1.46. The highest BCUT2D eigenvalue weighted by molar-refractivity contribution is 7.17. The largest absolute Gasteiger partial charge is 0.462 e. The van der Waals surface area contributed by atoms with Gasteiger partial charge in [-0.1, -0.05) is 6.92 Å². The number of ether oxygens (including phenoxy) is 1. The number of carbonyl (C=O) groups is 2. The molecule has 2 aromatic rings. The molecule has 3 heterocycles. The summed E-state index contributed by atoms with van der Waals surface area (Å²) in [5.74, 6) is -0.696. The van der Waals surface area contributed by atoms with E-state index < -0.39 is 0 Å². The van der Waals surface area contributed by atoms with E-state index in [-0.39, 0.29) is 11.9 Å². The van der Waals surface area contributed by atoms with Crippen molar-refractivity contribution < 1.29 is 14.3 Å². The van der Waals surface area contributed by atoms with Gasteiger partial charge in [0.05, 0.1) is 12.2 Å². The summed E-state index contributed by atoms with van der Waals surface area (Å²) in [6.07, 6.45) is 2.49. The Morgan fingerprint density at radius 2 is 2.20 bits per heavy atom. The van der Waals surface area contributed by atoms with Crippen molar-refractivity contribution in [1.29, 1.82) is 0 Å². The second-order valence-electron chi connectivity index (χ2n) is 5.88. The Labute approximate surface area is 150 Å². The number of hydrogen-bond acceptors (Lipinski definition) is 6. The van der Waals surface area contributed by atoms with Gasteiger partial charge in [0.15, 0.2) is 5.69 Å². The van der Waals surface area contributed by atoms with Gasteiger partial charge in [-0.15, -0.1) is 11.3 Å². The maximum absolute atomic E-state index is 12.5. The van der Waals surface area contributed by atoms with E-state index >= 15 is 0 Å². The lowest BCUT2D eigenvalue weighted by molar-refractivity contribution is 0.0526.